The molecular formula is C10H18FN3O. The standard InChI is InChI=1S/C8H12FN3O.C2H6/c1-5-7(4-10-6(2)13)8(9)12(3)11-5;1-2/h4H2,1-3H3,(H,10,13);1-2H3. The number of rotatable bonds is 2. The fourth-order valence-corrected chi connectivity index (χ4v) is 1.09. The van der Waals surface area contributed by atoms with E-state index in [-0.39, 0.29) is 12.5 Å². The van der Waals surface area contributed by atoms with Gasteiger partial charge in [-0.3, -0.25) is 4.79 Å². The minimum Gasteiger partial charge on any atom is -0.352 e. The van der Waals surface area contributed by atoms with E-state index in [1.54, 1.807) is 6.92 Å². The average Bonchev–Trinajstić information content (AvgIpc) is 2.42. The van der Waals surface area contributed by atoms with Crippen LogP contribution >= 0.6 is 0 Å². The van der Waals surface area contributed by atoms with Crippen LogP contribution in [0.2, 0.25) is 0 Å². The molecule has 0 aliphatic heterocycles. The van der Waals surface area contributed by atoms with Gasteiger partial charge in [0.15, 0.2) is 0 Å². The van der Waals surface area contributed by atoms with Crippen LogP contribution in [-0.4, -0.2) is 15.7 Å². The summed E-state index contributed by atoms with van der Waals surface area (Å²) in [5.41, 5.74) is 1.05. The lowest BCUT2D eigenvalue weighted by atomic mass is 10.2. The third kappa shape index (κ3) is 3.69. The molecule has 0 unspecified atom stereocenters. The first-order valence-electron chi connectivity index (χ1n) is 4.94. The molecule has 1 aromatic heterocycles. The number of halogens is 1. The number of carbonyl (C=O) groups is 1. The van der Waals surface area contributed by atoms with Gasteiger partial charge in [0, 0.05) is 26.1 Å². The van der Waals surface area contributed by atoms with Gasteiger partial charge < -0.3 is 5.32 Å². The summed E-state index contributed by atoms with van der Waals surface area (Å²) in [6.07, 6.45) is 0. The lowest BCUT2D eigenvalue weighted by Gasteiger charge is -1.99. The van der Waals surface area contributed by atoms with E-state index in [0.717, 1.165) is 4.68 Å². The summed E-state index contributed by atoms with van der Waals surface area (Å²) in [5, 5.41) is 6.40. The summed E-state index contributed by atoms with van der Waals surface area (Å²) < 4.78 is 14.4. The van der Waals surface area contributed by atoms with Gasteiger partial charge in [-0.1, -0.05) is 13.8 Å². The highest BCUT2D eigenvalue weighted by atomic mass is 19.1. The van der Waals surface area contributed by atoms with E-state index in [1.807, 2.05) is 13.8 Å². The van der Waals surface area contributed by atoms with E-state index in [0.29, 0.717) is 11.3 Å². The Morgan fingerprint density at radius 2 is 2.07 bits per heavy atom. The van der Waals surface area contributed by atoms with Gasteiger partial charge in [0.25, 0.3) is 0 Å². The molecule has 0 saturated carbocycles. The van der Waals surface area contributed by atoms with Gasteiger partial charge in [-0.05, 0) is 6.92 Å². The summed E-state index contributed by atoms with van der Waals surface area (Å²) in [6, 6.07) is 0. The number of aryl methyl sites for hydroxylation is 2. The van der Waals surface area contributed by atoms with Crippen LogP contribution in [0.5, 0.6) is 0 Å². The third-order valence-electron chi connectivity index (χ3n) is 1.78. The maximum atomic E-state index is 13.2. The molecule has 0 atom stereocenters. The predicted molar refractivity (Wildman–Crippen MR) is 56.8 cm³/mol. The molecule has 1 heterocycles. The molecule has 4 nitrogen and oxygen atoms in total. The Morgan fingerprint density at radius 1 is 1.53 bits per heavy atom. The Balaban J connectivity index is 0.000000921. The number of hydrogen-bond acceptors (Lipinski definition) is 2. The van der Waals surface area contributed by atoms with Crippen molar-refractivity contribution in [2.24, 2.45) is 7.05 Å². The molecule has 0 aliphatic carbocycles. The Labute approximate surface area is 89.5 Å². The number of nitrogens with zero attached hydrogens (tertiary/aromatic N) is 2. The fourth-order valence-electron chi connectivity index (χ4n) is 1.09. The molecule has 1 amide bonds. The number of carbonyl (C=O) groups excluding carboxylic acids is 1. The van der Waals surface area contributed by atoms with E-state index < -0.39 is 5.95 Å². The van der Waals surface area contributed by atoms with Crippen LogP contribution in [0.25, 0.3) is 0 Å². The van der Waals surface area contributed by atoms with E-state index in [1.165, 1.54) is 14.0 Å². The van der Waals surface area contributed by atoms with Crippen molar-refractivity contribution in [2.75, 3.05) is 0 Å². The summed E-state index contributed by atoms with van der Waals surface area (Å²) >= 11 is 0. The SMILES string of the molecule is CC.CC(=O)NCc1c(C)nn(C)c1F. The molecule has 0 aromatic carbocycles. The molecular weight excluding hydrogens is 197 g/mol. The predicted octanol–water partition coefficient (Wildman–Crippen LogP) is 1.53. The van der Waals surface area contributed by atoms with Gasteiger partial charge in [-0.25, -0.2) is 4.68 Å². The van der Waals surface area contributed by atoms with Gasteiger partial charge in [0.2, 0.25) is 11.9 Å². The topological polar surface area (TPSA) is 46.9 Å². The Hall–Kier alpha value is -1.39. The molecule has 1 aromatic rings. The van der Waals surface area contributed by atoms with Crippen LogP contribution in [0.3, 0.4) is 0 Å². The second kappa shape index (κ2) is 6.16. The molecule has 0 aliphatic rings. The van der Waals surface area contributed by atoms with Crippen LogP contribution in [0.1, 0.15) is 32.0 Å². The molecule has 0 bridgehead atoms. The van der Waals surface area contributed by atoms with Crippen molar-refractivity contribution in [3.05, 3.63) is 17.2 Å². The largest absolute Gasteiger partial charge is 0.352 e. The number of amides is 1. The fraction of sp³-hybridized carbons (Fsp3) is 0.600. The normalized spacial score (nSPS) is 9.20. The van der Waals surface area contributed by atoms with E-state index in [4.69, 9.17) is 0 Å². The zero-order valence-electron chi connectivity index (χ0n) is 9.89. The Kier molecular flexibility index (Phi) is 5.59. The monoisotopic (exact) mass is 215 g/mol. The van der Waals surface area contributed by atoms with Crippen molar-refractivity contribution < 1.29 is 9.18 Å². The van der Waals surface area contributed by atoms with Crippen molar-refractivity contribution in [3.8, 4) is 0 Å². The smallest absolute Gasteiger partial charge is 0.217 e. The van der Waals surface area contributed by atoms with E-state index in [2.05, 4.69) is 10.4 Å². The highest BCUT2D eigenvalue weighted by Crippen LogP contribution is 2.10. The minimum atomic E-state index is -0.397. The molecule has 5 heteroatoms. The molecule has 0 radical (unpaired) electrons. The second-order valence-electron chi connectivity index (χ2n) is 2.89. The maximum Gasteiger partial charge on any atom is 0.217 e. The van der Waals surface area contributed by atoms with E-state index >= 15 is 0 Å². The second-order valence-corrected chi connectivity index (χ2v) is 2.89. The number of aromatic nitrogens is 2. The lowest BCUT2D eigenvalue weighted by Crippen LogP contribution is -2.19. The summed E-state index contributed by atoms with van der Waals surface area (Å²) in [7, 11) is 1.53. The first-order chi connectivity index (χ1) is 7.02. The first-order valence-corrected chi connectivity index (χ1v) is 4.94. The van der Waals surface area contributed by atoms with Gasteiger partial charge >= 0.3 is 0 Å². The van der Waals surface area contributed by atoms with Crippen LogP contribution in [0.15, 0.2) is 0 Å². The van der Waals surface area contributed by atoms with E-state index in [9.17, 15) is 9.18 Å². The number of hydrogen-bond donors (Lipinski definition) is 1. The van der Waals surface area contributed by atoms with Gasteiger partial charge in [-0.2, -0.15) is 9.49 Å². The molecule has 0 saturated heterocycles. The highest BCUT2D eigenvalue weighted by molar-refractivity contribution is 5.72. The lowest BCUT2D eigenvalue weighted by molar-refractivity contribution is -0.119. The molecule has 0 spiro atoms. The van der Waals surface area contributed by atoms with Gasteiger partial charge in [0.1, 0.15) is 0 Å². The summed E-state index contributed by atoms with van der Waals surface area (Å²) in [4.78, 5) is 10.6. The first kappa shape index (κ1) is 13.6. The zero-order chi connectivity index (χ0) is 12.0. The maximum absolute atomic E-state index is 13.2. The Bertz CT molecular complexity index is 334. The summed E-state index contributed by atoms with van der Waals surface area (Å²) in [5.74, 6) is -0.575. The Morgan fingerprint density at radius 3 is 2.40 bits per heavy atom. The summed E-state index contributed by atoms with van der Waals surface area (Å²) in [6.45, 7) is 7.30. The van der Waals surface area contributed by atoms with Crippen LogP contribution < -0.4 is 5.32 Å². The van der Waals surface area contributed by atoms with Crippen molar-refractivity contribution in [2.45, 2.75) is 34.2 Å². The molecule has 86 valence electrons. The molecule has 1 rings (SSSR count). The van der Waals surface area contributed by atoms with Crippen molar-refractivity contribution >= 4 is 5.91 Å². The zero-order valence-corrected chi connectivity index (χ0v) is 9.89. The van der Waals surface area contributed by atoms with Crippen molar-refractivity contribution in [3.63, 3.8) is 0 Å². The quantitative estimate of drug-likeness (QED) is 0.813. The number of nitrogens with one attached hydrogen (secondary N) is 1. The highest BCUT2D eigenvalue weighted by Gasteiger charge is 2.12. The average molecular weight is 215 g/mol. The van der Waals surface area contributed by atoms with Crippen LogP contribution in [0.4, 0.5) is 4.39 Å². The van der Waals surface area contributed by atoms with Crippen LogP contribution in [-0.2, 0) is 18.4 Å². The third-order valence-corrected chi connectivity index (χ3v) is 1.78. The van der Waals surface area contributed by atoms with Gasteiger partial charge in [-0.15, -0.1) is 0 Å². The van der Waals surface area contributed by atoms with Gasteiger partial charge in [0.05, 0.1) is 5.69 Å². The van der Waals surface area contributed by atoms with Crippen LogP contribution in [0, 0.1) is 12.9 Å². The molecule has 1 N–H and O–H groups in total. The minimum absolute atomic E-state index is 0.178. The molecule has 0 fully saturated rings. The molecule has 15 heavy (non-hydrogen) atoms. The van der Waals surface area contributed by atoms with Crippen molar-refractivity contribution in [1.82, 2.24) is 15.1 Å². The van der Waals surface area contributed by atoms with Crippen molar-refractivity contribution in [1.29, 1.82) is 0 Å².